The predicted molar refractivity (Wildman–Crippen MR) is 74.9 cm³/mol. The maximum absolute atomic E-state index is 12.4. The second-order valence-corrected chi connectivity index (χ2v) is 7.36. The molecule has 0 aliphatic carbocycles. The molecule has 0 aliphatic heterocycles. The van der Waals surface area contributed by atoms with Crippen LogP contribution < -0.4 is 5.73 Å². The van der Waals surface area contributed by atoms with E-state index < -0.39 is 0 Å². The lowest BCUT2D eigenvalue weighted by Crippen LogP contribution is -2.31. The number of rotatable bonds is 6. The lowest BCUT2D eigenvalue weighted by atomic mass is 9.74. The van der Waals surface area contributed by atoms with E-state index in [2.05, 4.69) is 20.8 Å². The van der Waals surface area contributed by atoms with Crippen molar-refractivity contribution in [2.75, 3.05) is 6.54 Å². The Kier molecular flexibility index (Phi) is 6.39. The fourth-order valence-electron chi connectivity index (χ4n) is 2.21. The van der Waals surface area contributed by atoms with Gasteiger partial charge in [0.15, 0.2) is 0 Å². The Balaban J connectivity index is 4.56. The molecule has 0 rings (SSSR count). The average Bonchev–Trinajstić information content (AvgIpc) is 2.12. The first kappa shape index (κ1) is 16.6. The van der Waals surface area contributed by atoms with Gasteiger partial charge in [0.2, 0.25) is 0 Å². The van der Waals surface area contributed by atoms with Crippen molar-refractivity contribution in [3.05, 3.63) is 0 Å². The highest BCUT2D eigenvalue weighted by Gasteiger charge is 2.31. The van der Waals surface area contributed by atoms with Crippen molar-refractivity contribution in [2.24, 2.45) is 22.5 Å². The molecule has 1 unspecified atom stereocenters. The Morgan fingerprint density at radius 3 is 1.94 bits per heavy atom. The predicted octanol–water partition coefficient (Wildman–Crippen LogP) is 3.78. The summed E-state index contributed by atoms with van der Waals surface area (Å²) in [5, 5.41) is 0. The smallest absolute Gasteiger partial charge is 0.141 e. The van der Waals surface area contributed by atoms with Crippen LogP contribution in [0.1, 0.15) is 67.2 Å². The van der Waals surface area contributed by atoms with Crippen LogP contribution in [-0.4, -0.2) is 12.3 Å². The summed E-state index contributed by atoms with van der Waals surface area (Å²) in [5.74, 6) is 0.603. The number of ketones is 1. The SMILES string of the molecule is CC(C)(C)CC(CCCCN)C(=O)C(C)(C)C. The summed E-state index contributed by atoms with van der Waals surface area (Å²) in [7, 11) is 0. The third-order valence-corrected chi connectivity index (χ3v) is 2.98. The monoisotopic (exact) mass is 241 g/mol. The highest BCUT2D eigenvalue weighted by molar-refractivity contribution is 5.85. The van der Waals surface area contributed by atoms with E-state index in [0.717, 1.165) is 32.2 Å². The van der Waals surface area contributed by atoms with E-state index in [0.29, 0.717) is 5.78 Å². The van der Waals surface area contributed by atoms with Gasteiger partial charge in [0.25, 0.3) is 0 Å². The van der Waals surface area contributed by atoms with Crippen molar-refractivity contribution in [1.82, 2.24) is 0 Å². The molecule has 102 valence electrons. The molecule has 0 amide bonds. The van der Waals surface area contributed by atoms with Crippen LogP contribution in [0.5, 0.6) is 0 Å². The van der Waals surface area contributed by atoms with Gasteiger partial charge in [-0.1, -0.05) is 48.0 Å². The molecule has 0 spiro atoms. The lowest BCUT2D eigenvalue weighted by Gasteiger charge is -2.30. The first-order valence-electron chi connectivity index (χ1n) is 6.82. The van der Waals surface area contributed by atoms with Crippen LogP contribution in [0, 0.1) is 16.7 Å². The molecule has 0 radical (unpaired) electrons. The van der Waals surface area contributed by atoms with Crippen LogP contribution in [-0.2, 0) is 4.79 Å². The molecule has 0 bridgehead atoms. The van der Waals surface area contributed by atoms with Gasteiger partial charge in [0, 0.05) is 11.3 Å². The van der Waals surface area contributed by atoms with E-state index in [1.807, 2.05) is 20.8 Å². The van der Waals surface area contributed by atoms with E-state index in [1.54, 1.807) is 0 Å². The summed E-state index contributed by atoms with van der Waals surface area (Å²) in [4.78, 5) is 12.4. The summed E-state index contributed by atoms with van der Waals surface area (Å²) in [6.07, 6.45) is 4.06. The molecule has 17 heavy (non-hydrogen) atoms. The topological polar surface area (TPSA) is 43.1 Å². The third-order valence-electron chi connectivity index (χ3n) is 2.98. The zero-order valence-electron chi connectivity index (χ0n) is 12.6. The largest absolute Gasteiger partial charge is 0.330 e. The molecule has 0 aromatic carbocycles. The first-order valence-corrected chi connectivity index (χ1v) is 6.82. The zero-order chi connectivity index (χ0) is 13.7. The molecule has 0 saturated heterocycles. The maximum Gasteiger partial charge on any atom is 0.141 e. The van der Waals surface area contributed by atoms with Crippen LogP contribution >= 0.6 is 0 Å². The summed E-state index contributed by atoms with van der Waals surface area (Å²) < 4.78 is 0. The molecule has 0 saturated carbocycles. The van der Waals surface area contributed by atoms with Crippen LogP contribution in [0.15, 0.2) is 0 Å². The van der Waals surface area contributed by atoms with Gasteiger partial charge in [-0.15, -0.1) is 0 Å². The van der Waals surface area contributed by atoms with Gasteiger partial charge in [-0.05, 0) is 31.2 Å². The highest BCUT2D eigenvalue weighted by Crippen LogP contribution is 2.32. The molecule has 0 heterocycles. The first-order chi connectivity index (χ1) is 7.58. The van der Waals surface area contributed by atoms with Crippen molar-refractivity contribution >= 4 is 5.78 Å². The minimum Gasteiger partial charge on any atom is -0.330 e. The van der Waals surface area contributed by atoms with E-state index in [9.17, 15) is 4.79 Å². The molecule has 2 heteroatoms. The molecule has 0 aromatic heterocycles. The van der Waals surface area contributed by atoms with E-state index in [4.69, 9.17) is 5.73 Å². The molecule has 0 aliphatic rings. The number of unbranched alkanes of at least 4 members (excludes halogenated alkanes) is 1. The fourth-order valence-corrected chi connectivity index (χ4v) is 2.21. The summed E-state index contributed by atoms with van der Waals surface area (Å²) in [6.45, 7) is 13.4. The van der Waals surface area contributed by atoms with Crippen LogP contribution in [0.25, 0.3) is 0 Å². The minimum absolute atomic E-state index is 0.196. The number of Topliss-reactive ketones (excluding diaryl/α,β-unsaturated/α-hetero) is 1. The minimum atomic E-state index is -0.224. The number of carbonyl (C=O) groups is 1. The molecule has 2 nitrogen and oxygen atoms in total. The number of hydrogen-bond donors (Lipinski definition) is 1. The van der Waals surface area contributed by atoms with Crippen LogP contribution in [0.4, 0.5) is 0 Å². The van der Waals surface area contributed by atoms with Gasteiger partial charge >= 0.3 is 0 Å². The van der Waals surface area contributed by atoms with Crippen molar-refractivity contribution in [3.63, 3.8) is 0 Å². The number of hydrogen-bond acceptors (Lipinski definition) is 2. The molecule has 1 atom stereocenters. The lowest BCUT2D eigenvalue weighted by molar-refractivity contribution is -0.131. The van der Waals surface area contributed by atoms with Crippen molar-refractivity contribution < 1.29 is 4.79 Å². The van der Waals surface area contributed by atoms with Gasteiger partial charge in [0.1, 0.15) is 5.78 Å². The van der Waals surface area contributed by atoms with Crippen molar-refractivity contribution in [3.8, 4) is 0 Å². The Labute approximate surface area is 107 Å². The third kappa shape index (κ3) is 7.54. The highest BCUT2D eigenvalue weighted by atomic mass is 16.1. The zero-order valence-corrected chi connectivity index (χ0v) is 12.6. The summed E-state index contributed by atoms with van der Waals surface area (Å²) >= 11 is 0. The maximum atomic E-state index is 12.4. The second kappa shape index (κ2) is 6.53. The number of carbonyl (C=O) groups excluding carboxylic acids is 1. The fraction of sp³-hybridized carbons (Fsp3) is 0.933. The van der Waals surface area contributed by atoms with E-state index in [-0.39, 0.29) is 16.7 Å². The van der Waals surface area contributed by atoms with Gasteiger partial charge in [-0.3, -0.25) is 4.79 Å². The van der Waals surface area contributed by atoms with E-state index >= 15 is 0 Å². The Morgan fingerprint density at radius 2 is 1.59 bits per heavy atom. The van der Waals surface area contributed by atoms with E-state index in [1.165, 1.54) is 0 Å². The van der Waals surface area contributed by atoms with Gasteiger partial charge in [-0.25, -0.2) is 0 Å². The van der Waals surface area contributed by atoms with Gasteiger partial charge in [0.05, 0.1) is 0 Å². The molecule has 2 N–H and O–H groups in total. The summed E-state index contributed by atoms with van der Waals surface area (Å²) in [5.41, 5.74) is 5.51. The van der Waals surface area contributed by atoms with Gasteiger partial charge < -0.3 is 5.73 Å². The Hall–Kier alpha value is -0.370. The molecule has 0 fully saturated rings. The Morgan fingerprint density at radius 1 is 1.06 bits per heavy atom. The van der Waals surface area contributed by atoms with Crippen molar-refractivity contribution in [1.29, 1.82) is 0 Å². The molecule has 0 aromatic rings. The summed E-state index contributed by atoms with van der Waals surface area (Å²) in [6, 6.07) is 0. The normalized spacial score (nSPS) is 14.8. The molecular formula is C15H31NO. The van der Waals surface area contributed by atoms with Crippen LogP contribution in [0.2, 0.25) is 0 Å². The Bertz CT molecular complexity index is 232. The second-order valence-electron chi connectivity index (χ2n) is 7.36. The number of nitrogens with two attached hydrogens (primary N) is 1. The standard InChI is InChI=1S/C15H31NO/c1-14(2,3)11-12(9-7-8-10-16)13(17)15(4,5)6/h12H,7-11,16H2,1-6H3. The van der Waals surface area contributed by atoms with Crippen LogP contribution in [0.3, 0.4) is 0 Å². The van der Waals surface area contributed by atoms with Crippen molar-refractivity contribution in [2.45, 2.75) is 67.2 Å². The molecular weight excluding hydrogens is 210 g/mol. The quantitative estimate of drug-likeness (QED) is 0.719. The van der Waals surface area contributed by atoms with Gasteiger partial charge in [-0.2, -0.15) is 0 Å². The average molecular weight is 241 g/mol.